The summed E-state index contributed by atoms with van der Waals surface area (Å²) in [7, 11) is 0. The van der Waals surface area contributed by atoms with E-state index in [4.69, 9.17) is 5.26 Å². The van der Waals surface area contributed by atoms with Crippen LogP contribution in [0.4, 0.5) is 5.69 Å². The third kappa shape index (κ3) is 5.46. The second kappa shape index (κ2) is 6.18. The third-order valence-electron chi connectivity index (χ3n) is 2.28. The Balaban J connectivity index is 2.43. The lowest BCUT2D eigenvalue weighted by molar-refractivity contribution is -0.116. The van der Waals surface area contributed by atoms with Gasteiger partial charge in [-0.2, -0.15) is 5.26 Å². The standard InChI is InChI=1S/C14H19N3O/c1-14(2,3)16-8-7-13(18)17-12-6-4-5-11(9-12)10-15/h4-6,9,16H,7-8H2,1-3H3,(H,17,18). The van der Waals surface area contributed by atoms with Gasteiger partial charge in [-0.05, 0) is 39.0 Å². The van der Waals surface area contributed by atoms with Crippen LogP contribution in [-0.2, 0) is 4.79 Å². The quantitative estimate of drug-likeness (QED) is 0.855. The Kier molecular flexibility index (Phi) is 4.87. The van der Waals surface area contributed by atoms with Crippen molar-refractivity contribution < 1.29 is 4.79 Å². The zero-order chi connectivity index (χ0) is 13.6. The van der Waals surface area contributed by atoms with E-state index < -0.39 is 0 Å². The van der Waals surface area contributed by atoms with Gasteiger partial charge in [-0.3, -0.25) is 4.79 Å². The molecule has 0 atom stereocenters. The third-order valence-corrected chi connectivity index (χ3v) is 2.28. The molecule has 18 heavy (non-hydrogen) atoms. The number of nitrogens with one attached hydrogen (secondary N) is 2. The highest BCUT2D eigenvalue weighted by Crippen LogP contribution is 2.10. The molecule has 1 aromatic rings. The zero-order valence-corrected chi connectivity index (χ0v) is 11.1. The molecule has 0 aliphatic carbocycles. The molecule has 0 aromatic heterocycles. The number of rotatable bonds is 4. The Labute approximate surface area is 108 Å². The number of hydrogen-bond acceptors (Lipinski definition) is 3. The molecule has 0 unspecified atom stereocenters. The molecule has 0 aliphatic heterocycles. The topological polar surface area (TPSA) is 64.9 Å². The zero-order valence-electron chi connectivity index (χ0n) is 11.1. The van der Waals surface area contributed by atoms with Crippen molar-refractivity contribution in [1.29, 1.82) is 5.26 Å². The van der Waals surface area contributed by atoms with E-state index in [2.05, 4.69) is 31.4 Å². The Morgan fingerprint density at radius 1 is 1.39 bits per heavy atom. The van der Waals surface area contributed by atoms with Crippen molar-refractivity contribution in [3.05, 3.63) is 29.8 Å². The van der Waals surface area contributed by atoms with E-state index in [9.17, 15) is 4.79 Å². The van der Waals surface area contributed by atoms with Gasteiger partial charge in [0, 0.05) is 24.2 Å². The minimum absolute atomic E-state index is 0.0149. The summed E-state index contributed by atoms with van der Waals surface area (Å²) in [5.74, 6) is -0.0539. The van der Waals surface area contributed by atoms with Crippen LogP contribution >= 0.6 is 0 Å². The summed E-state index contributed by atoms with van der Waals surface area (Å²) in [4.78, 5) is 11.7. The number of amides is 1. The molecule has 0 radical (unpaired) electrons. The van der Waals surface area contributed by atoms with Crippen molar-refractivity contribution in [2.45, 2.75) is 32.7 Å². The van der Waals surface area contributed by atoms with Crippen LogP contribution < -0.4 is 10.6 Å². The maximum absolute atomic E-state index is 11.7. The fourth-order valence-electron chi connectivity index (χ4n) is 1.44. The highest BCUT2D eigenvalue weighted by Gasteiger charge is 2.09. The molecule has 1 rings (SSSR count). The van der Waals surface area contributed by atoms with Gasteiger partial charge in [0.15, 0.2) is 0 Å². The fraction of sp³-hybridized carbons (Fsp3) is 0.429. The minimum Gasteiger partial charge on any atom is -0.326 e. The predicted octanol–water partition coefficient (Wildman–Crippen LogP) is 2.27. The number of anilines is 1. The first-order valence-electron chi connectivity index (χ1n) is 5.96. The molecule has 0 aliphatic rings. The van der Waals surface area contributed by atoms with Crippen LogP contribution in [0.25, 0.3) is 0 Å². The van der Waals surface area contributed by atoms with Gasteiger partial charge in [-0.1, -0.05) is 6.07 Å². The average Bonchev–Trinajstić information content (AvgIpc) is 2.27. The molecule has 2 N–H and O–H groups in total. The van der Waals surface area contributed by atoms with Crippen molar-refractivity contribution in [2.75, 3.05) is 11.9 Å². The summed E-state index contributed by atoms with van der Waals surface area (Å²) in [5.41, 5.74) is 1.22. The van der Waals surface area contributed by atoms with E-state index in [1.165, 1.54) is 0 Å². The first-order chi connectivity index (χ1) is 8.40. The molecule has 0 spiro atoms. The first kappa shape index (κ1) is 14.2. The molecule has 0 saturated carbocycles. The summed E-state index contributed by atoms with van der Waals surface area (Å²) >= 11 is 0. The van der Waals surface area contributed by atoms with Gasteiger partial charge in [0.05, 0.1) is 11.6 Å². The molecule has 4 heteroatoms. The average molecular weight is 245 g/mol. The van der Waals surface area contributed by atoms with Gasteiger partial charge in [0.25, 0.3) is 0 Å². The molecular formula is C14H19N3O. The van der Waals surface area contributed by atoms with Crippen molar-refractivity contribution in [2.24, 2.45) is 0 Å². The highest BCUT2D eigenvalue weighted by molar-refractivity contribution is 5.90. The normalized spacial score (nSPS) is 10.8. The van der Waals surface area contributed by atoms with Crippen LogP contribution in [0.15, 0.2) is 24.3 Å². The predicted molar refractivity (Wildman–Crippen MR) is 72.2 cm³/mol. The van der Waals surface area contributed by atoms with Crippen molar-refractivity contribution in [1.82, 2.24) is 5.32 Å². The van der Waals surface area contributed by atoms with Crippen LogP contribution in [0.3, 0.4) is 0 Å². The molecule has 1 aromatic carbocycles. The monoisotopic (exact) mass is 245 g/mol. The smallest absolute Gasteiger partial charge is 0.225 e. The van der Waals surface area contributed by atoms with Gasteiger partial charge in [-0.25, -0.2) is 0 Å². The van der Waals surface area contributed by atoms with Crippen LogP contribution in [0.2, 0.25) is 0 Å². The second-order valence-electron chi connectivity index (χ2n) is 5.17. The van der Waals surface area contributed by atoms with E-state index in [-0.39, 0.29) is 11.4 Å². The van der Waals surface area contributed by atoms with Crippen LogP contribution in [0.1, 0.15) is 32.8 Å². The van der Waals surface area contributed by atoms with Crippen LogP contribution in [0.5, 0.6) is 0 Å². The molecule has 96 valence electrons. The lowest BCUT2D eigenvalue weighted by Crippen LogP contribution is -2.37. The fourth-order valence-corrected chi connectivity index (χ4v) is 1.44. The van der Waals surface area contributed by atoms with Crippen LogP contribution in [0, 0.1) is 11.3 Å². The van der Waals surface area contributed by atoms with Crippen molar-refractivity contribution in [3.63, 3.8) is 0 Å². The molecule has 0 saturated heterocycles. The molecular weight excluding hydrogens is 226 g/mol. The second-order valence-corrected chi connectivity index (χ2v) is 5.17. The maximum atomic E-state index is 11.7. The highest BCUT2D eigenvalue weighted by atomic mass is 16.1. The largest absolute Gasteiger partial charge is 0.326 e. The Morgan fingerprint density at radius 3 is 2.72 bits per heavy atom. The van der Waals surface area contributed by atoms with Gasteiger partial charge in [0.1, 0.15) is 0 Å². The maximum Gasteiger partial charge on any atom is 0.225 e. The van der Waals surface area contributed by atoms with Crippen molar-refractivity contribution in [3.8, 4) is 6.07 Å². The van der Waals surface area contributed by atoms with Gasteiger partial charge >= 0.3 is 0 Å². The van der Waals surface area contributed by atoms with Gasteiger partial charge < -0.3 is 10.6 Å². The molecule has 0 fully saturated rings. The Hall–Kier alpha value is -1.86. The lowest BCUT2D eigenvalue weighted by atomic mass is 10.1. The van der Waals surface area contributed by atoms with E-state index >= 15 is 0 Å². The van der Waals surface area contributed by atoms with Crippen molar-refractivity contribution >= 4 is 11.6 Å². The minimum atomic E-state index is -0.0539. The van der Waals surface area contributed by atoms with E-state index in [1.807, 2.05) is 6.07 Å². The number of carbonyl (C=O) groups excluding carboxylic acids is 1. The lowest BCUT2D eigenvalue weighted by Gasteiger charge is -2.20. The first-order valence-corrected chi connectivity index (χ1v) is 5.96. The van der Waals surface area contributed by atoms with Crippen LogP contribution in [-0.4, -0.2) is 18.0 Å². The summed E-state index contributed by atoms with van der Waals surface area (Å²) in [6, 6.07) is 8.93. The summed E-state index contributed by atoms with van der Waals surface area (Å²) in [5, 5.41) is 14.8. The number of carbonyl (C=O) groups is 1. The summed E-state index contributed by atoms with van der Waals surface area (Å²) < 4.78 is 0. The van der Waals surface area contributed by atoms with Gasteiger partial charge in [0.2, 0.25) is 5.91 Å². The molecule has 1 amide bonds. The van der Waals surface area contributed by atoms with Gasteiger partial charge in [-0.15, -0.1) is 0 Å². The molecule has 0 heterocycles. The molecule has 4 nitrogen and oxygen atoms in total. The molecule has 0 bridgehead atoms. The number of benzene rings is 1. The number of nitrogens with zero attached hydrogens (tertiary/aromatic N) is 1. The number of nitriles is 1. The summed E-state index contributed by atoms with van der Waals surface area (Å²) in [6.45, 7) is 6.80. The number of hydrogen-bond donors (Lipinski definition) is 2. The van der Waals surface area contributed by atoms with E-state index in [0.29, 0.717) is 24.2 Å². The van der Waals surface area contributed by atoms with E-state index in [1.54, 1.807) is 24.3 Å². The van der Waals surface area contributed by atoms with E-state index in [0.717, 1.165) is 0 Å². The Morgan fingerprint density at radius 2 is 2.11 bits per heavy atom. The summed E-state index contributed by atoms with van der Waals surface area (Å²) in [6.07, 6.45) is 0.411. The SMILES string of the molecule is CC(C)(C)NCCC(=O)Nc1cccc(C#N)c1. The Bertz CT molecular complexity index is 455.